The number of nitrogens with one attached hydrogen (secondary N) is 1. The van der Waals surface area contributed by atoms with Crippen molar-refractivity contribution in [2.24, 2.45) is 5.84 Å². The van der Waals surface area contributed by atoms with Gasteiger partial charge in [0.2, 0.25) is 0 Å². The lowest BCUT2D eigenvalue weighted by Gasteiger charge is -2.10. The summed E-state index contributed by atoms with van der Waals surface area (Å²) in [6.45, 7) is 1.81. The molecule has 0 aliphatic heterocycles. The zero-order valence-corrected chi connectivity index (χ0v) is 7.39. The number of hydrazine groups is 1. The molecule has 5 heteroatoms. The van der Waals surface area contributed by atoms with Crippen molar-refractivity contribution in [3.63, 3.8) is 0 Å². The lowest BCUT2D eigenvalue weighted by Crippen LogP contribution is -2.29. The van der Waals surface area contributed by atoms with Gasteiger partial charge >= 0.3 is 0 Å². The van der Waals surface area contributed by atoms with E-state index in [0.717, 1.165) is 13.1 Å². The second-order valence-corrected chi connectivity index (χ2v) is 2.95. The number of nitrogens with two attached hydrogens (primary N) is 1. The Morgan fingerprint density at radius 3 is 2.67 bits per heavy atom. The summed E-state index contributed by atoms with van der Waals surface area (Å²) >= 11 is 3.15. The van der Waals surface area contributed by atoms with Crippen LogP contribution in [0.4, 0.5) is 0 Å². The van der Waals surface area contributed by atoms with Crippen LogP contribution >= 0.6 is 23.9 Å². The van der Waals surface area contributed by atoms with Crippen molar-refractivity contribution in [1.82, 2.24) is 9.14 Å². The van der Waals surface area contributed by atoms with Gasteiger partial charge in [0.05, 0.1) is 0 Å². The first-order valence-electron chi connectivity index (χ1n) is 2.63. The second kappa shape index (κ2) is 6.70. The van der Waals surface area contributed by atoms with Crippen molar-refractivity contribution in [3.05, 3.63) is 0 Å². The molecule has 0 aromatic rings. The molecule has 0 unspecified atom stereocenters. The van der Waals surface area contributed by atoms with E-state index in [1.165, 1.54) is 11.9 Å². The van der Waals surface area contributed by atoms with Crippen LogP contribution in [-0.4, -0.2) is 30.0 Å². The van der Waals surface area contributed by atoms with Gasteiger partial charge in [0.15, 0.2) is 0 Å². The largest absolute Gasteiger partial charge is 0.263 e. The van der Waals surface area contributed by atoms with Gasteiger partial charge < -0.3 is 0 Å². The molecule has 0 aromatic carbocycles. The smallest absolute Gasteiger partial charge is 0.0376 e. The molecule has 0 spiro atoms. The van der Waals surface area contributed by atoms with E-state index in [1.54, 1.807) is 16.4 Å². The van der Waals surface area contributed by atoms with Crippen molar-refractivity contribution in [3.8, 4) is 0 Å². The Balaban J connectivity index is 2.88. The van der Waals surface area contributed by atoms with Crippen molar-refractivity contribution in [2.75, 3.05) is 25.6 Å². The molecule has 56 valence electrons. The van der Waals surface area contributed by atoms with Gasteiger partial charge in [-0.15, -0.1) is 0 Å². The zero-order valence-electron chi connectivity index (χ0n) is 5.76. The molecular formula is C4H13N3S2. The van der Waals surface area contributed by atoms with E-state index in [2.05, 4.69) is 4.72 Å². The third kappa shape index (κ3) is 6.47. The fourth-order valence-electron chi connectivity index (χ4n) is 0.349. The third-order valence-corrected chi connectivity index (χ3v) is 1.96. The van der Waals surface area contributed by atoms with Crippen LogP contribution in [0.25, 0.3) is 0 Å². The molecule has 0 aliphatic carbocycles. The molecule has 9 heavy (non-hydrogen) atoms. The van der Waals surface area contributed by atoms with Gasteiger partial charge in [-0.05, 0) is 12.5 Å². The molecule has 0 bridgehead atoms. The predicted molar refractivity (Wildman–Crippen MR) is 45.9 cm³/mol. The molecule has 0 aromatic heterocycles. The highest BCUT2D eigenvalue weighted by Crippen LogP contribution is 1.94. The van der Waals surface area contributed by atoms with E-state index in [-0.39, 0.29) is 0 Å². The Morgan fingerprint density at radius 2 is 2.22 bits per heavy atom. The summed E-state index contributed by atoms with van der Waals surface area (Å²) in [4.78, 5) is 0. The van der Waals surface area contributed by atoms with Gasteiger partial charge in [-0.2, -0.15) is 4.41 Å². The van der Waals surface area contributed by atoms with Gasteiger partial charge in [0.1, 0.15) is 0 Å². The maximum absolute atomic E-state index is 5.46. The Labute approximate surface area is 65.0 Å². The van der Waals surface area contributed by atoms with Crippen LogP contribution in [-0.2, 0) is 0 Å². The number of hydrogen-bond donors (Lipinski definition) is 2. The number of hydrogen-bond acceptors (Lipinski definition) is 5. The molecule has 0 fully saturated rings. The van der Waals surface area contributed by atoms with Crippen LogP contribution in [0, 0.1) is 0 Å². The highest BCUT2D eigenvalue weighted by Gasteiger charge is 1.91. The first kappa shape index (κ1) is 9.58. The van der Waals surface area contributed by atoms with Gasteiger partial charge in [-0.1, -0.05) is 23.9 Å². The summed E-state index contributed by atoms with van der Waals surface area (Å²) in [5.41, 5.74) is 0. The quantitative estimate of drug-likeness (QED) is 0.267. The lowest BCUT2D eigenvalue weighted by atomic mass is 10.7. The van der Waals surface area contributed by atoms with Gasteiger partial charge in [-0.25, -0.2) is 0 Å². The highest BCUT2D eigenvalue weighted by molar-refractivity contribution is 7.96. The summed E-state index contributed by atoms with van der Waals surface area (Å²) in [5.74, 6) is 5.46. The molecule has 3 N–H and O–H groups in total. The summed E-state index contributed by atoms with van der Waals surface area (Å²) in [7, 11) is 0. The molecule has 3 nitrogen and oxygen atoms in total. The second-order valence-electron chi connectivity index (χ2n) is 1.42. The van der Waals surface area contributed by atoms with Crippen molar-refractivity contribution < 1.29 is 0 Å². The van der Waals surface area contributed by atoms with Crippen LogP contribution in [0.5, 0.6) is 0 Å². The van der Waals surface area contributed by atoms with Crippen molar-refractivity contribution in [2.45, 2.75) is 0 Å². The molecule has 0 aliphatic rings. The van der Waals surface area contributed by atoms with Crippen molar-refractivity contribution >= 4 is 23.9 Å². The van der Waals surface area contributed by atoms with Gasteiger partial charge in [-0.3, -0.25) is 10.6 Å². The maximum atomic E-state index is 5.46. The van der Waals surface area contributed by atoms with E-state index >= 15 is 0 Å². The van der Waals surface area contributed by atoms with Crippen LogP contribution in [0.15, 0.2) is 0 Å². The standard InChI is InChI=1S/C4H13N3S2/c1-8-6-3-4-7(5)9-2/h6H,3-5H2,1-2H3. The lowest BCUT2D eigenvalue weighted by molar-refractivity contribution is 0.504. The van der Waals surface area contributed by atoms with Crippen LogP contribution < -0.4 is 10.6 Å². The van der Waals surface area contributed by atoms with Crippen LogP contribution in [0.1, 0.15) is 0 Å². The molecule has 0 saturated carbocycles. The molecule has 0 rings (SSSR count). The minimum Gasteiger partial charge on any atom is -0.263 e. The normalized spacial score (nSPS) is 10.7. The average Bonchev–Trinajstić information content (AvgIpc) is 1.89. The van der Waals surface area contributed by atoms with Crippen LogP contribution in [0.2, 0.25) is 0 Å². The fourth-order valence-corrected chi connectivity index (χ4v) is 0.918. The highest BCUT2D eigenvalue weighted by atomic mass is 32.2. The Hall–Kier alpha value is 0.580. The summed E-state index contributed by atoms with van der Waals surface area (Å²) in [6.07, 6.45) is 3.96. The number of rotatable bonds is 5. The third-order valence-electron chi connectivity index (χ3n) is 0.813. The van der Waals surface area contributed by atoms with E-state index in [1.807, 2.05) is 12.5 Å². The molecule has 0 saturated heterocycles. The molecule has 0 heterocycles. The fraction of sp³-hybridized carbons (Fsp3) is 1.00. The summed E-state index contributed by atoms with van der Waals surface area (Å²) in [6, 6.07) is 0. The monoisotopic (exact) mass is 167 g/mol. The Morgan fingerprint density at radius 1 is 1.56 bits per heavy atom. The molecule has 0 radical (unpaired) electrons. The van der Waals surface area contributed by atoms with E-state index < -0.39 is 0 Å². The molecular weight excluding hydrogens is 154 g/mol. The predicted octanol–water partition coefficient (Wildman–Crippen LogP) is 0.308. The minimum atomic E-state index is 0.877. The van der Waals surface area contributed by atoms with Gasteiger partial charge in [0, 0.05) is 13.1 Å². The van der Waals surface area contributed by atoms with Crippen molar-refractivity contribution in [1.29, 1.82) is 0 Å². The van der Waals surface area contributed by atoms with E-state index in [0.29, 0.717) is 0 Å². The van der Waals surface area contributed by atoms with E-state index in [4.69, 9.17) is 5.84 Å². The van der Waals surface area contributed by atoms with E-state index in [9.17, 15) is 0 Å². The number of nitrogens with zero attached hydrogens (tertiary/aromatic N) is 1. The molecule has 0 atom stereocenters. The Kier molecular flexibility index (Phi) is 7.13. The topological polar surface area (TPSA) is 41.3 Å². The molecule has 0 amide bonds. The maximum Gasteiger partial charge on any atom is 0.0376 e. The van der Waals surface area contributed by atoms with Gasteiger partial charge in [0.25, 0.3) is 0 Å². The summed E-state index contributed by atoms with van der Waals surface area (Å²) in [5, 5.41) is 0. The first-order chi connectivity index (χ1) is 4.31. The minimum absolute atomic E-state index is 0.877. The summed E-state index contributed by atoms with van der Waals surface area (Å²) < 4.78 is 4.79. The Bertz CT molecular complexity index is 61.8. The average molecular weight is 167 g/mol. The zero-order chi connectivity index (χ0) is 7.11. The first-order valence-corrected chi connectivity index (χ1v) is 5.04. The van der Waals surface area contributed by atoms with Crippen LogP contribution in [0.3, 0.4) is 0 Å². The SMILES string of the molecule is CSNCCN(N)SC.